The van der Waals surface area contributed by atoms with E-state index in [-0.39, 0.29) is 23.7 Å². The van der Waals surface area contributed by atoms with E-state index in [0.29, 0.717) is 0 Å². The van der Waals surface area contributed by atoms with Gasteiger partial charge in [-0.05, 0) is 26.2 Å². The molecule has 2 N–H and O–H groups in total. The average molecular weight is 167 g/mol. The van der Waals surface area contributed by atoms with Gasteiger partial charge in [-0.1, -0.05) is 12.8 Å². The van der Waals surface area contributed by atoms with Crippen molar-refractivity contribution in [2.24, 2.45) is 17.6 Å². The summed E-state index contributed by atoms with van der Waals surface area (Å²) in [5, 5.41) is 0. The van der Waals surface area contributed by atoms with Crippen LogP contribution in [0.2, 0.25) is 0 Å². The summed E-state index contributed by atoms with van der Waals surface area (Å²) in [6.45, 7) is 5.42. The van der Waals surface area contributed by atoms with E-state index in [1.54, 1.807) is 0 Å². The molecule has 0 radical (unpaired) electrons. The zero-order valence-electron chi connectivity index (χ0n) is 8.00. The van der Waals surface area contributed by atoms with Gasteiger partial charge in [0, 0.05) is 6.04 Å². The van der Waals surface area contributed by atoms with E-state index in [4.69, 9.17) is 12.2 Å². The van der Waals surface area contributed by atoms with E-state index >= 15 is 0 Å². The third-order valence-electron chi connectivity index (χ3n) is 1.93. The van der Waals surface area contributed by atoms with Crippen molar-refractivity contribution in [3.63, 3.8) is 0 Å². The van der Waals surface area contributed by atoms with Gasteiger partial charge < -0.3 is 5.73 Å². The molecule has 68 valence electrons. The van der Waals surface area contributed by atoms with Gasteiger partial charge >= 0.3 is 0 Å². The van der Waals surface area contributed by atoms with Gasteiger partial charge in [-0.3, -0.25) is 4.79 Å². The van der Waals surface area contributed by atoms with Crippen molar-refractivity contribution in [2.45, 2.75) is 33.2 Å². The zero-order valence-corrected chi connectivity index (χ0v) is 8.00. The lowest BCUT2D eigenvalue weighted by atomic mass is 9.87. The van der Waals surface area contributed by atoms with Crippen LogP contribution in [0.5, 0.6) is 0 Å². The molecule has 2 heteroatoms. The molecule has 12 heavy (non-hydrogen) atoms. The minimum Gasteiger partial charge on any atom is -0.328 e. The maximum atomic E-state index is 11.0. The maximum Gasteiger partial charge on any atom is 0.145 e. The lowest BCUT2D eigenvalue weighted by molar-refractivity contribution is -0.120. The van der Waals surface area contributed by atoms with E-state index < -0.39 is 0 Å². The van der Waals surface area contributed by atoms with Crippen LogP contribution in [0.4, 0.5) is 0 Å². The van der Waals surface area contributed by atoms with Crippen molar-refractivity contribution < 1.29 is 4.79 Å². The summed E-state index contributed by atoms with van der Waals surface area (Å²) < 4.78 is 0. The summed E-state index contributed by atoms with van der Waals surface area (Å²) in [5.74, 6) is 2.48. The normalized spacial score (nSPS) is 17.6. The maximum absolute atomic E-state index is 11.0. The molecule has 0 rings (SSSR count). The highest BCUT2D eigenvalue weighted by atomic mass is 16.1. The Morgan fingerprint density at radius 1 is 1.58 bits per heavy atom. The Morgan fingerprint density at radius 2 is 2.08 bits per heavy atom. The molecular formula is C10H17NO. The summed E-state index contributed by atoms with van der Waals surface area (Å²) in [4.78, 5) is 11.0. The molecule has 0 aliphatic heterocycles. The van der Waals surface area contributed by atoms with Gasteiger partial charge in [0.1, 0.15) is 5.78 Å². The molecule has 0 aliphatic carbocycles. The molecule has 0 aromatic rings. The van der Waals surface area contributed by atoms with E-state index in [2.05, 4.69) is 5.92 Å². The van der Waals surface area contributed by atoms with Gasteiger partial charge in [0.25, 0.3) is 0 Å². The summed E-state index contributed by atoms with van der Waals surface area (Å²) in [5.41, 5.74) is 5.61. The molecule has 0 amide bonds. The van der Waals surface area contributed by atoms with Crippen LogP contribution < -0.4 is 5.73 Å². The van der Waals surface area contributed by atoms with Crippen molar-refractivity contribution in [1.82, 2.24) is 0 Å². The predicted octanol–water partition coefficient (Wildman–Crippen LogP) is 1.20. The Bertz CT molecular complexity index is 191. The van der Waals surface area contributed by atoms with E-state index in [1.165, 1.54) is 6.92 Å². The first-order valence-electron chi connectivity index (χ1n) is 4.21. The Kier molecular flexibility index (Phi) is 4.61. The van der Waals surface area contributed by atoms with Crippen LogP contribution in [0.25, 0.3) is 0 Å². The Hall–Kier alpha value is -0.810. The molecule has 0 fully saturated rings. The minimum absolute atomic E-state index is 0.0608. The largest absolute Gasteiger partial charge is 0.328 e. The average Bonchev–Trinajstić information content (AvgIpc) is 1.85. The Balaban J connectivity index is 4.15. The van der Waals surface area contributed by atoms with Gasteiger partial charge in [0.2, 0.25) is 0 Å². The van der Waals surface area contributed by atoms with E-state index in [9.17, 15) is 4.79 Å². The van der Waals surface area contributed by atoms with Crippen LogP contribution >= 0.6 is 0 Å². The number of rotatable bonds is 4. The number of carbonyl (C=O) groups is 1. The van der Waals surface area contributed by atoms with Crippen LogP contribution in [0.1, 0.15) is 27.2 Å². The van der Waals surface area contributed by atoms with Crippen LogP contribution in [0.15, 0.2) is 0 Å². The molecule has 0 aromatic heterocycles. The second-order valence-corrected chi connectivity index (χ2v) is 3.45. The summed E-state index contributed by atoms with van der Waals surface area (Å²) in [6, 6.07) is 0.107. The summed E-state index contributed by atoms with van der Waals surface area (Å²) in [7, 11) is 0. The quantitative estimate of drug-likeness (QED) is 0.639. The third-order valence-corrected chi connectivity index (χ3v) is 1.93. The first-order chi connectivity index (χ1) is 5.49. The minimum atomic E-state index is -0.268. The molecule has 0 heterocycles. The Labute approximate surface area is 74.5 Å². The van der Waals surface area contributed by atoms with Crippen molar-refractivity contribution in [1.29, 1.82) is 0 Å². The zero-order chi connectivity index (χ0) is 9.72. The van der Waals surface area contributed by atoms with Crippen molar-refractivity contribution in [2.75, 3.05) is 0 Å². The molecule has 2 unspecified atom stereocenters. The highest BCUT2D eigenvalue weighted by Gasteiger charge is 2.19. The fourth-order valence-electron chi connectivity index (χ4n) is 1.40. The van der Waals surface area contributed by atoms with Gasteiger partial charge in [0.05, 0.1) is 5.92 Å². The predicted molar refractivity (Wildman–Crippen MR) is 50.4 cm³/mol. The summed E-state index contributed by atoms with van der Waals surface area (Å²) >= 11 is 0. The SMILES string of the molecule is C#C[C@@H](C(C)=O)C(C)CC(C)N. The van der Waals surface area contributed by atoms with Crippen molar-refractivity contribution in [3.8, 4) is 12.3 Å². The number of hydrogen-bond donors (Lipinski definition) is 1. The lowest BCUT2D eigenvalue weighted by Crippen LogP contribution is -2.25. The van der Waals surface area contributed by atoms with Gasteiger partial charge in [-0.15, -0.1) is 6.42 Å². The molecular weight excluding hydrogens is 150 g/mol. The van der Waals surface area contributed by atoms with Gasteiger partial charge in [-0.2, -0.15) is 0 Å². The third kappa shape index (κ3) is 3.54. The molecule has 0 aliphatic rings. The number of hydrogen-bond acceptors (Lipinski definition) is 2. The van der Waals surface area contributed by atoms with Crippen LogP contribution in [-0.4, -0.2) is 11.8 Å². The number of terminal acetylenes is 1. The molecule has 0 saturated heterocycles. The summed E-state index contributed by atoms with van der Waals surface area (Å²) in [6.07, 6.45) is 6.04. The second kappa shape index (κ2) is 4.95. The molecule has 0 bridgehead atoms. The highest BCUT2D eigenvalue weighted by molar-refractivity contribution is 5.81. The highest BCUT2D eigenvalue weighted by Crippen LogP contribution is 2.16. The van der Waals surface area contributed by atoms with Gasteiger partial charge in [0.15, 0.2) is 0 Å². The number of nitrogens with two attached hydrogens (primary N) is 1. The Morgan fingerprint density at radius 3 is 2.33 bits per heavy atom. The van der Waals surface area contributed by atoms with Crippen molar-refractivity contribution >= 4 is 5.78 Å². The second-order valence-electron chi connectivity index (χ2n) is 3.45. The smallest absolute Gasteiger partial charge is 0.145 e. The van der Waals surface area contributed by atoms with E-state index in [0.717, 1.165) is 6.42 Å². The number of carbonyl (C=O) groups excluding carboxylic acids is 1. The molecule has 0 spiro atoms. The molecule has 2 nitrogen and oxygen atoms in total. The van der Waals surface area contributed by atoms with Crippen LogP contribution in [0, 0.1) is 24.2 Å². The fourth-order valence-corrected chi connectivity index (χ4v) is 1.40. The van der Waals surface area contributed by atoms with E-state index in [1.807, 2.05) is 13.8 Å². The number of ketones is 1. The standard InChI is InChI=1S/C10H17NO/c1-5-10(9(4)12)7(2)6-8(3)11/h1,7-8,10H,6,11H2,2-4H3/t7?,8?,10-/m1/s1. The first kappa shape index (κ1) is 11.2. The van der Waals surface area contributed by atoms with Crippen LogP contribution in [-0.2, 0) is 4.79 Å². The van der Waals surface area contributed by atoms with Crippen LogP contribution in [0.3, 0.4) is 0 Å². The molecule has 3 atom stereocenters. The van der Waals surface area contributed by atoms with Gasteiger partial charge in [-0.25, -0.2) is 0 Å². The molecule has 0 aromatic carbocycles. The monoisotopic (exact) mass is 167 g/mol. The van der Waals surface area contributed by atoms with Crippen molar-refractivity contribution in [3.05, 3.63) is 0 Å². The number of Topliss-reactive ketones (excluding diaryl/α,β-unsaturated/α-hetero) is 1. The fraction of sp³-hybridized carbons (Fsp3) is 0.700. The topological polar surface area (TPSA) is 43.1 Å². The first-order valence-corrected chi connectivity index (χ1v) is 4.21. The lowest BCUT2D eigenvalue weighted by Gasteiger charge is -2.17. The molecule has 0 saturated carbocycles.